The fraction of sp³-hybridized carbons (Fsp3) is 0.647. The number of hydrogen-bond donors (Lipinski definition) is 1. The molecular formula is C17H28O3S. The summed E-state index contributed by atoms with van der Waals surface area (Å²) in [6.45, 7) is 7.71. The van der Waals surface area contributed by atoms with Crippen LogP contribution in [0.2, 0.25) is 0 Å². The predicted molar refractivity (Wildman–Crippen MR) is 88.0 cm³/mol. The van der Waals surface area contributed by atoms with Crippen LogP contribution < -0.4 is 0 Å². The van der Waals surface area contributed by atoms with Crippen LogP contribution in [-0.4, -0.2) is 13.0 Å². The summed E-state index contributed by atoms with van der Waals surface area (Å²) in [5, 5.41) is -0.882. The zero-order chi connectivity index (χ0) is 16.1. The highest BCUT2D eigenvalue weighted by molar-refractivity contribution is 7.86. The van der Waals surface area contributed by atoms with Gasteiger partial charge in [0.25, 0.3) is 10.1 Å². The van der Waals surface area contributed by atoms with Gasteiger partial charge in [-0.1, -0.05) is 71.2 Å². The number of rotatable bonds is 7. The second-order valence-corrected chi connectivity index (χ2v) is 8.27. The Bertz CT molecular complexity index is 541. The molecule has 0 aliphatic heterocycles. The minimum atomic E-state index is -4.13. The molecule has 4 heteroatoms. The number of hydrogen-bond acceptors (Lipinski definition) is 2. The van der Waals surface area contributed by atoms with Crippen LogP contribution in [0.4, 0.5) is 0 Å². The fourth-order valence-corrected chi connectivity index (χ4v) is 4.28. The van der Waals surface area contributed by atoms with E-state index in [-0.39, 0.29) is 0 Å². The average molecular weight is 312 g/mol. The van der Waals surface area contributed by atoms with E-state index in [9.17, 15) is 13.0 Å². The summed E-state index contributed by atoms with van der Waals surface area (Å²) in [5.74, 6) is 0. The van der Waals surface area contributed by atoms with Gasteiger partial charge >= 0.3 is 0 Å². The Morgan fingerprint density at radius 1 is 1.10 bits per heavy atom. The van der Waals surface area contributed by atoms with E-state index >= 15 is 0 Å². The van der Waals surface area contributed by atoms with Crippen molar-refractivity contribution in [2.24, 2.45) is 5.41 Å². The molecule has 0 radical (unpaired) electrons. The molecule has 0 aliphatic rings. The van der Waals surface area contributed by atoms with Crippen LogP contribution in [-0.2, 0) is 16.5 Å². The van der Waals surface area contributed by atoms with E-state index < -0.39 is 20.8 Å². The number of unbranched alkanes of at least 4 members (excludes halogenated alkanes) is 3. The molecule has 1 unspecified atom stereocenters. The van der Waals surface area contributed by atoms with Gasteiger partial charge < -0.3 is 0 Å². The number of benzene rings is 1. The second-order valence-electron chi connectivity index (χ2n) is 6.77. The first-order valence-corrected chi connectivity index (χ1v) is 9.22. The molecular weight excluding hydrogens is 284 g/mol. The van der Waals surface area contributed by atoms with Crippen molar-refractivity contribution in [2.45, 2.75) is 65.0 Å². The summed E-state index contributed by atoms with van der Waals surface area (Å²) in [4.78, 5) is 0. The second kappa shape index (κ2) is 7.41. The Kier molecular flexibility index (Phi) is 6.41. The van der Waals surface area contributed by atoms with E-state index in [1.165, 1.54) is 12.8 Å². The molecule has 0 aliphatic carbocycles. The van der Waals surface area contributed by atoms with Crippen molar-refractivity contribution in [1.82, 2.24) is 0 Å². The molecule has 0 amide bonds. The maximum atomic E-state index is 11.9. The third kappa shape index (κ3) is 5.44. The molecule has 0 bridgehead atoms. The molecule has 0 aromatic heterocycles. The van der Waals surface area contributed by atoms with Crippen LogP contribution in [0.3, 0.4) is 0 Å². The highest BCUT2D eigenvalue weighted by atomic mass is 32.2. The molecule has 0 spiro atoms. The SMILES string of the molecule is CCCCCCc1ccccc1C(C(C)(C)C)S(=O)(=O)O. The van der Waals surface area contributed by atoms with Crippen LogP contribution >= 0.6 is 0 Å². The quantitative estimate of drug-likeness (QED) is 0.582. The fourth-order valence-electron chi connectivity index (χ4n) is 2.83. The Labute approximate surface area is 129 Å². The van der Waals surface area contributed by atoms with Gasteiger partial charge in [-0.2, -0.15) is 8.42 Å². The first-order valence-electron chi connectivity index (χ1n) is 7.72. The molecule has 3 nitrogen and oxygen atoms in total. The third-order valence-electron chi connectivity index (χ3n) is 3.72. The summed E-state index contributed by atoms with van der Waals surface area (Å²) < 4.78 is 33.4. The van der Waals surface area contributed by atoms with Gasteiger partial charge in [0.1, 0.15) is 5.25 Å². The molecule has 1 rings (SSSR count). The molecule has 0 saturated carbocycles. The van der Waals surface area contributed by atoms with Crippen molar-refractivity contribution in [2.75, 3.05) is 0 Å². The van der Waals surface area contributed by atoms with E-state index in [2.05, 4.69) is 6.92 Å². The summed E-state index contributed by atoms with van der Waals surface area (Å²) in [6, 6.07) is 7.58. The van der Waals surface area contributed by atoms with E-state index in [0.717, 1.165) is 30.4 Å². The van der Waals surface area contributed by atoms with Gasteiger partial charge in [0.05, 0.1) is 0 Å². The van der Waals surface area contributed by atoms with E-state index in [1.807, 2.05) is 45.0 Å². The van der Waals surface area contributed by atoms with E-state index in [4.69, 9.17) is 0 Å². The van der Waals surface area contributed by atoms with Crippen molar-refractivity contribution in [3.8, 4) is 0 Å². The topological polar surface area (TPSA) is 54.4 Å². The minimum Gasteiger partial charge on any atom is -0.285 e. The van der Waals surface area contributed by atoms with Crippen molar-refractivity contribution < 1.29 is 13.0 Å². The van der Waals surface area contributed by atoms with Crippen molar-refractivity contribution >= 4 is 10.1 Å². The molecule has 1 N–H and O–H groups in total. The molecule has 0 heterocycles. The van der Waals surface area contributed by atoms with Crippen molar-refractivity contribution in [3.05, 3.63) is 35.4 Å². The Morgan fingerprint density at radius 2 is 1.71 bits per heavy atom. The minimum absolute atomic E-state index is 0.549. The van der Waals surface area contributed by atoms with Crippen LogP contribution in [0.25, 0.3) is 0 Å². The summed E-state index contributed by atoms with van der Waals surface area (Å²) in [6.07, 6.45) is 5.43. The Morgan fingerprint density at radius 3 is 2.24 bits per heavy atom. The lowest BCUT2D eigenvalue weighted by molar-refractivity contribution is 0.354. The Balaban J connectivity index is 3.10. The molecule has 1 atom stereocenters. The highest BCUT2D eigenvalue weighted by Gasteiger charge is 2.37. The normalized spacial score (nSPS) is 14.1. The lowest BCUT2D eigenvalue weighted by Gasteiger charge is -2.30. The van der Waals surface area contributed by atoms with Crippen LogP contribution in [0, 0.1) is 5.41 Å². The largest absolute Gasteiger partial charge is 0.285 e. The maximum absolute atomic E-state index is 11.9. The number of aryl methyl sites for hydroxylation is 1. The lowest BCUT2D eigenvalue weighted by atomic mass is 9.84. The zero-order valence-corrected chi connectivity index (χ0v) is 14.4. The average Bonchev–Trinajstić information content (AvgIpc) is 2.33. The molecule has 1 aromatic rings. The third-order valence-corrected chi connectivity index (χ3v) is 5.28. The van der Waals surface area contributed by atoms with Gasteiger partial charge in [-0.3, -0.25) is 4.55 Å². The molecule has 0 fully saturated rings. The molecule has 21 heavy (non-hydrogen) atoms. The molecule has 120 valence electrons. The van der Waals surface area contributed by atoms with Crippen LogP contribution in [0.1, 0.15) is 69.8 Å². The monoisotopic (exact) mass is 312 g/mol. The van der Waals surface area contributed by atoms with Crippen LogP contribution in [0.5, 0.6) is 0 Å². The zero-order valence-electron chi connectivity index (χ0n) is 13.6. The highest BCUT2D eigenvalue weighted by Crippen LogP contribution is 2.40. The summed E-state index contributed by atoms with van der Waals surface area (Å²) >= 11 is 0. The summed E-state index contributed by atoms with van der Waals surface area (Å²) in [5.41, 5.74) is 1.22. The van der Waals surface area contributed by atoms with Gasteiger partial charge in [-0.15, -0.1) is 0 Å². The van der Waals surface area contributed by atoms with Gasteiger partial charge in [0.2, 0.25) is 0 Å². The first kappa shape index (κ1) is 18.2. The van der Waals surface area contributed by atoms with E-state index in [1.54, 1.807) is 0 Å². The van der Waals surface area contributed by atoms with Gasteiger partial charge in [0, 0.05) is 0 Å². The van der Waals surface area contributed by atoms with Gasteiger partial charge in [0.15, 0.2) is 0 Å². The standard InChI is InChI=1S/C17H28O3S/c1-5-6-7-8-11-14-12-9-10-13-15(14)16(17(2,3)4)21(18,19)20/h9-10,12-13,16H,5-8,11H2,1-4H3,(H,18,19,20). The predicted octanol–water partition coefficient (Wildman–Crippen LogP) is 4.78. The van der Waals surface area contributed by atoms with Crippen molar-refractivity contribution in [3.63, 3.8) is 0 Å². The lowest BCUT2D eigenvalue weighted by Crippen LogP contribution is -2.27. The summed E-state index contributed by atoms with van der Waals surface area (Å²) in [7, 11) is -4.13. The van der Waals surface area contributed by atoms with Crippen molar-refractivity contribution in [1.29, 1.82) is 0 Å². The van der Waals surface area contributed by atoms with E-state index in [0.29, 0.717) is 0 Å². The smallest absolute Gasteiger partial charge is 0.272 e. The van der Waals surface area contributed by atoms with Gasteiger partial charge in [-0.05, 0) is 29.4 Å². The maximum Gasteiger partial charge on any atom is 0.272 e. The Hall–Kier alpha value is -0.870. The van der Waals surface area contributed by atoms with Gasteiger partial charge in [-0.25, -0.2) is 0 Å². The van der Waals surface area contributed by atoms with Crippen LogP contribution in [0.15, 0.2) is 24.3 Å². The molecule has 0 saturated heterocycles. The first-order chi connectivity index (χ1) is 9.68. The molecule has 1 aromatic carbocycles.